The second-order valence-corrected chi connectivity index (χ2v) is 3.75. The number of rotatable bonds is 6. The number of hydrogen-bond donors (Lipinski definition) is 2. The van der Waals surface area contributed by atoms with Crippen LogP contribution in [0.1, 0.15) is 24.4 Å². The fourth-order valence-electron chi connectivity index (χ4n) is 1.63. The van der Waals surface area contributed by atoms with E-state index >= 15 is 0 Å². The Morgan fingerprint density at radius 3 is 2.69 bits per heavy atom. The first-order valence-electron chi connectivity index (χ1n) is 5.32. The molecular formula is C11H19N3O2. The van der Waals surface area contributed by atoms with Gasteiger partial charge in [0.25, 0.3) is 0 Å². The lowest BCUT2D eigenvalue weighted by atomic mass is 10.1. The van der Waals surface area contributed by atoms with E-state index in [0.29, 0.717) is 6.61 Å². The molecule has 1 aromatic heterocycles. The van der Waals surface area contributed by atoms with Gasteiger partial charge in [-0.05, 0) is 13.8 Å². The number of nitrogens with zero attached hydrogens (tertiary/aromatic N) is 2. The third-order valence-corrected chi connectivity index (χ3v) is 2.40. The van der Waals surface area contributed by atoms with Gasteiger partial charge in [0.15, 0.2) is 0 Å². The van der Waals surface area contributed by atoms with E-state index in [1.54, 1.807) is 19.5 Å². The highest BCUT2D eigenvalue weighted by Crippen LogP contribution is 2.12. The summed E-state index contributed by atoms with van der Waals surface area (Å²) in [6.45, 7) is 4.43. The number of methoxy groups -OCH3 is 1. The van der Waals surface area contributed by atoms with Crippen molar-refractivity contribution in [1.82, 2.24) is 15.3 Å². The highest BCUT2D eigenvalue weighted by molar-refractivity contribution is 5.12. The lowest BCUT2D eigenvalue weighted by molar-refractivity contribution is 0.123. The number of aromatic nitrogens is 2. The minimum atomic E-state index is -0.0820. The summed E-state index contributed by atoms with van der Waals surface area (Å²) in [4.78, 5) is 8.46. The Kier molecular flexibility index (Phi) is 5.31. The van der Waals surface area contributed by atoms with Crippen LogP contribution in [0.3, 0.4) is 0 Å². The van der Waals surface area contributed by atoms with E-state index in [9.17, 15) is 0 Å². The molecule has 1 heterocycles. The fraction of sp³-hybridized carbons (Fsp3) is 0.636. The number of ether oxygens (including phenoxy) is 1. The molecule has 0 aliphatic rings. The van der Waals surface area contributed by atoms with Crippen LogP contribution in [0.5, 0.6) is 0 Å². The molecule has 0 aliphatic carbocycles. The lowest BCUT2D eigenvalue weighted by Crippen LogP contribution is -2.38. The predicted octanol–water partition coefficient (Wildman–Crippen LogP) is 0.443. The highest BCUT2D eigenvalue weighted by atomic mass is 16.5. The zero-order valence-electron chi connectivity index (χ0n) is 9.97. The maximum absolute atomic E-state index is 9.14. The van der Waals surface area contributed by atoms with Crippen molar-refractivity contribution in [2.24, 2.45) is 0 Å². The maximum Gasteiger partial charge on any atom is 0.0782 e. The highest BCUT2D eigenvalue weighted by Gasteiger charge is 2.15. The Bertz CT molecular complexity index is 320. The van der Waals surface area contributed by atoms with E-state index in [2.05, 4.69) is 15.3 Å². The monoisotopic (exact) mass is 225 g/mol. The molecule has 0 radical (unpaired) electrons. The summed E-state index contributed by atoms with van der Waals surface area (Å²) in [5, 5.41) is 12.4. The van der Waals surface area contributed by atoms with Gasteiger partial charge >= 0.3 is 0 Å². The van der Waals surface area contributed by atoms with E-state index < -0.39 is 0 Å². The molecule has 5 heteroatoms. The molecule has 0 saturated carbocycles. The Morgan fingerprint density at radius 2 is 2.12 bits per heavy atom. The molecule has 0 fully saturated rings. The molecule has 1 rings (SSSR count). The summed E-state index contributed by atoms with van der Waals surface area (Å²) < 4.78 is 5.00. The van der Waals surface area contributed by atoms with E-state index in [4.69, 9.17) is 9.84 Å². The quantitative estimate of drug-likeness (QED) is 0.735. The molecular weight excluding hydrogens is 206 g/mol. The summed E-state index contributed by atoms with van der Waals surface area (Å²) in [5.41, 5.74) is 1.80. The first-order valence-corrected chi connectivity index (χ1v) is 5.32. The molecule has 2 atom stereocenters. The fourth-order valence-corrected chi connectivity index (χ4v) is 1.63. The van der Waals surface area contributed by atoms with Gasteiger partial charge in [-0.2, -0.15) is 0 Å². The third kappa shape index (κ3) is 3.52. The summed E-state index contributed by atoms with van der Waals surface area (Å²) in [5.74, 6) is 0. The molecule has 2 N–H and O–H groups in total. The average molecular weight is 225 g/mol. The van der Waals surface area contributed by atoms with Crippen LogP contribution in [0.2, 0.25) is 0 Å². The standard InChI is InChI=1S/C11H19N3O2/c1-8-11(13-5-4-12-8)9(2)14-10(6-15)7-16-3/h4-5,9-10,14-15H,6-7H2,1-3H3. The molecule has 2 unspecified atom stereocenters. The lowest BCUT2D eigenvalue weighted by Gasteiger charge is -2.21. The normalized spacial score (nSPS) is 14.8. The molecule has 0 aromatic carbocycles. The average Bonchev–Trinajstić information content (AvgIpc) is 2.28. The van der Waals surface area contributed by atoms with Crippen LogP contribution in [0.4, 0.5) is 0 Å². The van der Waals surface area contributed by atoms with Gasteiger partial charge in [0.1, 0.15) is 0 Å². The number of aryl methyl sites for hydroxylation is 1. The van der Waals surface area contributed by atoms with Gasteiger partial charge in [0, 0.05) is 25.5 Å². The van der Waals surface area contributed by atoms with Crippen LogP contribution in [0, 0.1) is 6.92 Å². The first-order chi connectivity index (χ1) is 7.69. The zero-order chi connectivity index (χ0) is 12.0. The number of aliphatic hydroxyl groups excluding tert-OH is 1. The molecule has 16 heavy (non-hydrogen) atoms. The number of aliphatic hydroxyl groups is 1. The molecule has 1 aromatic rings. The second-order valence-electron chi connectivity index (χ2n) is 3.75. The molecule has 0 aliphatic heterocycles. The summed E-state index contributed by atoms with van der Waals surface area (Å²) in [6.07, 6.45) is 3.34. The predicted molar refractivity (Wildman–Crippen MR) is 61.1 cm³/mol. The molecule has 0 bridgehead atoms. The van der Waals surface area contributed by atoms with Crippen molar-refractivity contribution in [2.75, 3.05) is 20.3 Å². The minimum Gasteiger partial charge on any atom is -0.395 e. The van der Waals surface area contributed by atoms with Crippen molar-refractivity contribution in [3.05, 3.63) is 23.8 Å². The third-order valence-electron chi connectivity index (χ3n) is 2.40. The van der Waals surface area contributed by atoms with Crippen LogP contribution < -0.4 is 5.32 Å². The van der Waals surface area contributed by atoms with Crippen LogP contribution in [-0.2, 0) is 4.74 Å². The van der Waals surface area contributed by atoms with Gasteiger partial charge in [-0.1, -0.05) is 0 Å². The Hall–Kier alpha value is -1.04. The van der Waals surface area contributed by atoms with Gasteiger partial charge in [-0.25, -0.2) is 0 Å². The van der Waals surface area contributed by atoms with Crippen molar-refractivity contribution in [1.29, 1.82) is 0 Å². The van der Waals surface area contributed by atoms with Gasteiger partial charge in [-0.3, -0.25) is 9.97 Å². The van der Waals surface area contributed by atoms with Crippen molar-refractivity contribution < 1.29 is 9.84 Å². The number of hydrogen-bond acceptors (Lipinski definition) is 5. The SMILES string of the molecule is COCC(CO)NC(C)c1nccnc1C. The maximum atomic E-state index is 9.14. The van der Waals surface area contributed by atoms with Gasteiger partial charge in [0.2, 0.25) is 0 Å². The number of nitrogens with one attached hydrogen (secondary N) is 1. The van der Waals surface area contributed by atoms with E-state index in [1.807, 2.05) is 13.8 Å². The Labute approximate surface area is 95.9 Å². The largest absolute Gasteiger partial charge is 0.395 e. The summed E-state index contributed by atoms with van der Waals surface area (Å²) >= 11 is 0. The molecule has 0 spiro atoms. The summed E-state index contributed by atoms with van der Waals surface area (Å²) in [7, 11) is 1.61. The van der Waals surface area contributed by atoms with Gasteiger partial charge in [-0.15, -0.1) is 0 Å². The molecule has 90 valence electrons. The van der Waals surface area contributed by atoms with E-state index in [-0.39, 0.29) is 18.7 Å². The van der Waals surface area contributed by atoms with Gasteiger partial charge in [0.05, 0.1) is 30.6 Å². The van der Waals surface area contributed by atoms with Crippen LogP contribution in [0.25, 0.3) is 0 Å². The Balaban J connectivity index is 2.64. The van der Waals surface area contributed by atoms with Crippen molar-refractivity contribution >= 4 is 0 Å². The first kappa shape index (κ1) is 13.0. The van der Waals surface area contributed by atoms with Crippen molar-refractivity contribution in [2.45, 2.75) is 25.9 Å². The van der Waals surface area contributed by atoms with E-state index in [1.165, 1.54) is 0 Å². The minimum absolute atomic E-state index is 0.0392. The van der Waals surface area contributed by atoms with Crippen LogP contribution in [0.15, 0.2) is 12.4 Å². The Morgan fingerprint density at radius 1 is 1.44 bits per heavy atom. The molecule has 0 saturated heterocycles. The van der Waals surface area contributed by atoms with Gasteiger partial charge < -0.3 is 15.2 Å². The second kappa shape index (κ2) is 6.52. The topological polar surface area (TPSA) is 67.3 Å². The zero-order valence-corrected chi connectivity index (χ0v) is 9.97. The smallest absolute Gasteiger partial charge is 0.0782 e. The van der Waals surface area contributed by atoms with Crippen molar-refractivity contribution in [3.63, 3.8) is 0 Å². The van der Waals surface area contributed by atoms with E-state index in [0.717, 1.165) is 11.4 Å². The van der Waals surface area contributed by atoms with Crippen molar-refractivity contribution in [3.8, 4) is 0 Å². The molecule has 0 amide bonds. The summed E-state index contributed by atoms with van der Waals surface area (Å²) in [6, 6.07) is -0.0394. The van der Waals surface area contributed by atoms with Crippen LogP contribution in [-0.4, -0.2) is 41.4 Å². The molecule has 5 nitrogen and oxygen atoms in total. The van der Waals surface area contributed by atoms with Crippen LogP contribution >= 0.6 is 0 Å².